The number of carboxylic acids is 1. The normalized spacial score (nSPS) is 11.2. The summed E-state index contributed by atoms with van der Waals surface area (Å²) < 4.78 is 0. The number of nitrogens with one attached hydrogen (secondary N) is 1. The Bertz CT molecular complexity index is 239. The average molecular weight is 216 g/mol. The maximum atomic E-state index is 11.6. The fourth-order valence-corrected chi connectivity index (χ4v) is 0.995. The highest BCUT2D eigenvalue weighted by Crippen LogP contribution is 2.13. The van der Waals surface area contributed by atoms with E-state index in [-0.39, 0.29) is 5.91 Å². The first-order valence-corrected chi connectivity index (χ1v) is 5.04. The fraction of sp³-hybridized carbons (Fsp3) is 0.800. The van der Waals surface area contributed by atoms with Crippen LogP contribution in [0.25, 0.3) is 0 Å². The fourth-order valence-electron chi connectivity index (χ4n) is 0.995. The van der Waals surface area contributed by atoms with E-state index in [0.29, 0.717) is 13.0 Å². The molecule has 0 aromatic rings. The van der Waals surface area contributed by atoms with Gasteiger partial charge in [0.25, 0.3) is 0 Å². The third-order valence-electron chi connectivity index (χ3n) is 2.50. The maximum Gasteiger partial charge on any atom is 0.329 e. The minimum atomic E-state index is -1.15. The van der Waals surface area contributed by atoms with Gasteiger partial charge in [0.15, 0.2) is 0 Å². The highest BCUT2D eigenvalue weighted by Gasteiger charge is 2.34. The summed E-state index contributed by atoms with van der Waals surface area (Å²) >= 11 is 0. The van der Waals surface area contributed by atoms with E-state index in [1.54, 1.807) is 0 Å². The molecule has 0 rings (SSSR count). The van der Waals surface area contributed by atoms with Gasteiger partial charge in [-0.05, 0) is 20.4 Å². The molecule has 0 aromatic carbocycles. The molecule has 0 saturated carbocycles. The summed E-state index contributed by atoms with van der Waals surface area (Å²) in [7, 11) is 1.52. The monoisotopic (exact) mass is 216 g/mol. The first kappa shape index (κ1) is 13.9. The number of carboxylic acid groups (broad SMARTS) is 1. The van der Waals surface area contributed by atoms with Gasteiger partial charge in [-0.15, -0.1) is 0 Å². The molecule has 0 atom stereocenters. The summed E-state index contributed by atoms with van der Waals surface area (Å²) in [5, 5.41) is 11.9. The molecule has 5 heteroatoms. The third-order valence-corrected chi connectivity index (χ3v) is 2.50. The maximum absolute atomic E-state index is 11.6. The topological polar surface area (TPSA) is 69.6 Å². The molecule has 0 aromatic heterocycles. The molecule has 88 valence electrons. The highest BCUT2D eigenvalue weighted by molar-refractivity contribution is 5.86. The minimum absolute atomic E-state index is 0.164. The molecule has 0 aliphatic carbocycles. The Morgan fingerprint density at radius 3 is 2.33 bits per heavy atom. The summed E-state index contributed by atoms with van der Waals surface area (Å²) in [4.78, 5) is 23.7. The lowest BCUT2D eigenvalue weighted by molar-refractivity contribution is -0.155. The Morgan fingerprint density at radius 1 is 1.40 bits per heavy atom. The van der Waals surface area contributed by atoms with Crippen molar-refractivity contribution in [1.82, 2.24) is 10.2 Å². The van der Waals surface area contributed by atoms with E-state index < -0.39 is 11.5 Å². The van der Waals surface area contributed by atoms with Crippen molar-refractivity contribution < 1.29 is 14.7 Å². The molecule has 0 radical (unpaired) electrons. The Morgan fingerprint density at radius 2 is 1.93 bits per heavy atom. The first-order valence-electron chi connectivity index (χ1n) is 5.04. The molecule has 1 amide bonds. The van der Waals surface area contributed by atoms with Crippen LogP contribution in [0.2, 0.25) is 0 Å². The van der Waals surface area contributed by atoms with Crippen molar-refractivity contribution in [1.29, 1.82) is 0 Å². The molecule has 0 spiro atoms. The van der Waals surface area contributed by atoms with Crippen molar-refractivity contribution in [2.24, 2.45) is 0 Å². The number of hydrogen-bond donors (Lipinski definition) is 2. The van der Waals surface area contributed by atoms with Gasteiger partial charge in [-0.1, -0.05) is 6.92 Å². The van der Waals surface area contributed by atoms with Crippen molar-refractivity contribution in [3.05, 3.63) is 0 Å². The second kappa shape index (κ2) is 5.70. The number of likely N-dealkylation sites (N-methyl/N-ethyl adjacent to an activating group) is 1. The molecule has 15 heavy (non-hydrogen) atoms. The van der Waals surface area contributed by atoms with Crippen LogP contribution in [0, 0.1) is 0 Å². The molecule has 5 nitrogen and oxygen atoms in total. The van der Waals surface area contributed by atoms with Crippen LogP contribution in [0.4, 0.5) is 0 Å². The summed E-state index contributed by atoms with van der Waals surface area (Å²) in [5.74, 6) is -1.16. The summed E-state index contributed by atoms with van der Waals surface area (Å²) in [6, 6.07) is 0. The van der Waals surface area contributed by atoms with Crippen molar-refractivity contribution in [2.45, 2.75) is 32.7 Å². The van der Waals surface area contributed by atoms with Gasteiger partial charge in [-0.2, -0.15) is 0 Å². The Balaban J connectivity index is 4.25. The number of nitrogens with zero attached hydrogens (tertiary/aromatic N) is 1. The molecule has 0 bridgehead atoms. The third kappa shape index (κ3) is 3.87. The van der Waals surface area contributed by atoms with Crippen LogP contribution in [0.3, 0.4) is 0 Å². The molecule has 0 unspecified atom stereocenters. The van der Waals surface area contributed by atoms with Crippen LogP contribution < -0.4 is 5.32 Å². The van der Waals surface area contributed by atoms with Gasteiger partial charge < -0.3 is 15.3 Å². The zero-order valence-electron chi connectivity index (χ0n) is 9.83. The highest BCUT2D eigenvalue weighted by atomic mass is 16.4. The van der Waals surface area contributed by atoms with Gasteiger partial charge in [-0.3, -0.25) is 4.79 Å². The second-order valence-electron chi connectivity index (χ2n) is 3.92. The molecule has 2 N–H and O–H groups in total. The number of rotatable bonds is 6. The quantitative estimate of drug-likeness (QED) is 0.627. The van der Waals surface area contributed by atoms with Gasteiger partial charge in [0.1, 0.15) is 5.54 Å². The predicted molar refractivity (Wildman–Crippen MR) is 57.6 cm³/mol. The standard InChI is InChI=1S/C10H20N2O3/c1-5-11-7-6-8(13)12(4)10(2,3)9(14)15/h11H,5-7H2,1-4H3,(H,14,15). The van der Waals surface area contributed by atoms with Gasteiger partial charge >= 0.3 is 5.97 Å². The van der Waals surface area contributed by atoms with E-state index in [2.05, 4.69) is 5.32 Å². The summed E-state index contributed by atoms with van der Waals surface area (Å²) in [5.41, 5.74) is -1.15. The molecular formula is C10H20N2O3. The molecule has 0 aliphatic rings. The lowest BCUT2D eigenvalue weighted by atomic mass is 10.0. The van der Waals surface area contributed by atoms with Crippen molar-refractivity contribution in [3.63, 3.8) is 0 Å². The van der Waals surface area contributed by atoms with Crippen LogP contribution in [0.1, 0.15) is 27.2 Å². The van der Waals surface area contributed by atoms with Crippen LogP contribution in [-0.2, 0) is 9.59 Å². The van der Waals surface area contributed by atoms with Crippen molar-refractivity contribution in [2.75, 3.05) is 20.1 Å². The second-order valence-corrected chi connectivity index (χ2v) is 3.92. The van der Waals surface area contributed by atoms with Gasteiger partial charge in [0.05, 0.1) is 0 Å². The number of amides is 1. The van der Waals surface area contributed by atoms with E-state index in [4.69, 9.17) is 5.11 Å². The number of carbonyl (C=O) groups is 2. The lowest BCUT2D eigenvalue weighted by Crippen LogP contribution is -2.51. The predicted octanol–water partition coefficient (Wildman–Crippen LogP) is 0.308. The SMILES string of the molecule is CCNCCC(=O)N(C)C(C)(C)C(=O)O. The first-order chi connectivity index (χ1) is 6.84. The van der Waals surface area contributed by atoms with Crippen LogP contribution in [-0.4, -0.2) is 47.6 Å². The summed E-state index contributed by atoms with van der Waals surface area (Å²) in [6.07, 6.45) is 0.320. The van der Waals surface area contributed by atoms with E-state index in [0.717, 1.165) is 6.54 Å². The smallest absolute Gasteiger partial charge is 0.329 e. The average Bonchev–Trinajstić information content (AvgIpc) is 2.16. The Kier molecular flexibility index (Phi) is 5.28. The van der Waals surface area contributed by atoms with Crippen LogP contribution in [0.5, 0.6) is 0 Å². The minimum Gasteiger partial charge on any atom is -0.480 e. The molecule has 0 saturated heterocycles. The van der Waals surface area contributed by atoms with Gasteiger partial charge in [0, 0.05) is 20.0 Å². The number of hydrogen-bond acceptors (Lipinski definition) is 3. The zero-order chi connectivity index (χ0) is 12.1. The Hall–Kier alpha value is -1.10. The van der Waals surface area contributed by atoms with Crippen molar-refractivity contribution >= 4 is 11.9 Å². The summed E-state index contributed by atoms with van der Waals surface area (Å²) in [6.45, 7) is 6.37. The van der Waals surface area contributed by atoms with Crippen LogP contribution in [0.15, 0.2) is 0 Å². The van der Waals surface area contributed by atoms with Crippen molar-refractivity contribution in [3.8, 4) is 0 Å². The van der Waals surface area contributed by atoms with E-state index >= 15 is 0 Å². The molecule has 0 heterocycles. The largest absolute Gasteiger partial charge is 0.480 e. The zero-order valence-corrected chi connectivity index (χ0v) is 9.83. The van der Waals surface area contributed by atoms with E-state index in [1.807, 2.05) is 6.92 Å². The van der Waals surface area contributed by atoms with Gasteiger partial charge in [-0.25, -0.2) is 4.79 Å². The Labute approximate surface area is 90.5 Å². The number of carbonyl (C=O) groups excluding carboxylic acids is 1. The van der Waals surface area contributed by atoms with E-state index in [1.165, 1.54) is 25.8 Å². The molecular weight excluding hydrogens is 196 g/mol. The van der Waals surface area contributed by atoms with Gasteiger partial charge in [0.2, 0.25) is 5.91 Å². The molecule has 0 fully saturated rings. The molecule has 0 aliphatic heterocycles. The van der Waals surface area contributed by atoms with Crippen LogP contribution >= 0.6 is 0 Å². The lowest BCUT2D eigenvalue weighted by Gasteiger charge is -2.31. The number of aliphatic carboxylic acids is 1. The van der Waals surface area contributed by atoms with E-state index in [9.17, 15) is 9.59 Å².